The number of ether oxygens (including phenoxy) is 3. The largest absolute Gasteiger partial charge is 0.496 e. The van der Waals surface area contributed by atoms with Gasteiger partial charge in [-0.25, -0.2) is 4.79 Å². The van der Waals surface area contributed by atoms with Crippen molar-refractivity contribution in [2.24, 2.45) is 0 Å². The number of methoxy groups -OCH3 is 1. The van der Waals surface area contributed by atoms with Gasteiger partial charge in [-0.2, -0.15) is 0 Å². The molecular formula is C33H34N2O5S. The van der Waals surface area contributed by atoms with Crippen molar-refractivity contribution >= 4 is 23.5 Å². The molecule has 0 unspecified atom stereocenters. The van der Waals surface area contributed by atoms with Gasteiger partial charge in [0, 0.05) is 34.9 Å². The van der Waals surface area contributed by atoms with Gasteiger partial charge in [0.25, 0.3) is 0 Å². The number of carbonyl (C=O) groups is 1. The second-order valence-corrected chi connectivity index (χ2v) is 10.8. The molecule has 1 aliphatic heterocycles. The molecule has 2 amide bonds. The molecule has 8 heteroatoms. The molecule has 4 aromatic carbocycles. The maximum Gasteiger partial charge on any atom is 0.319 e. The summed E-state index contributed by atoms with van der Waals surface area (Å²) < 4.78 is 18.4. The summed E-state index contributed by atoms with van der Waals surface area (Å²) in [5, 5.41) is 15.2. The molecule has 1 aliphatic rings. The van der Waals surface area contributed by atoms with Gasteiger partial charge in [0.1, 0.15) is 5.75 Å². The van der Waals surface area contributed by atoms with Crippen LogP contribution in [0.1, 0.15) is 41.1 Å². The van der Waals surface area contributed by atoms with Gasteiger partial charge >= 0.3 is 6.03 Å². The Morgan fingerprint density at radius 2 is 1.59 bits per heavy atom. The number of nitrogens with one attached hydrogen (secondary N) is 2. The van der Waals surface area contributed by atoms with Crippen LogP contribution in [0.25, 0.3) is 0 Å². The lowest BCUT2D eigenvalue weighted by Gasteiger charge is -2.36. The van der Waals surface area contributed by atoms with Crippen LogP contribution in [0.15, 0.2) is 108 Å². The molecule has 7 nitrogen and oxygen atoms in total. The molecule has 1 saturated heterocycles. The highest BCUT2D eigenvalue weighted by molar-refractivity contribution is 7.99. The van der Waals surface area contributed by atoms with Crippen molar-refractivity contribution in [3.05, 3.63) is 125 Å². The van der Waals surface area contributed by atoms with E-state index in [2.05, 4.69) is 10.6 Å². The lowest BCUT2D eigenvalue weighted by atomic mass is 10.0. The topological polar surface area (TPSA) is 89.0 Å². The van der Waals surface area contributed by atoms with Crippen LogP contribution in [0.4, 0.5) is 10.5 Å². The molecule has 0 spiro atoms. The van der Waals surface area contributed by atoms with Crippen molar-refractivity contribution in [1.29, 1.82) is 0 Å². The predicted molar refractivity (Wildman–Crippen MR) is 161 cm³/mol. The fourth-order valence-electron chi connectivity index (χ4n) is 4.62. The summed E-state index contributed by atoms with van der Waals surface area (Å²) in [6.45, 7) is 0.448. The van der Waals surface area contributed by atoms with Gasteiger partial charge < -0.3 is 30.0 Å². The first-order valence-electron chi connectivity index (χ1n) is 13.6. The van der Waals surface area contributed by atoms with Crippen LogP contribution < -0.4 is 15.4 Å². The van der Waals surface area contributed by atoms with E-state index in [-0.39, 0.29) is 24.8 Å². The van der Waals surface area contributed by atoms with Gasteiger partial charge in [0.05, 0.1) is 25.9 Å². The van der Waals surface area contributed by atoms with Crippen LogP contribution in [0.2, 0.25) is 0 Å². The van der Waals surface area contributed by atoms with Gasteiger partial charge in [-0.15, -0.1) is 11.8 Å². The van der Waals surface area contributed by atoms with E-state index in [0.717, 1.165) is 38.7 Å². The standard InChI is InChI=1S/C33H34N2O5S/c1-38-29-9-5-6-10-31(29)41-22-28-19-30(25-13-11-24(21-36)12-14-25)40-32(39-28)26-15-17-27(18-16-26)35-33(37)34-20-23-7-3-2-4-8-23/h2-18,28,30,32,36H,19-22H2,1H3,(H2,34,35,37)/t28-,30+,32+/m1/s1. The van der Waals surface area contributed by atoms with Crippen LogP contribution in [0.5, 0.6) is 5.75 Å². The van der Waals surface area contributed by atoms with Gasteiger partial charge in [-0.3, -0.25) is 0 Å². The molecule has 0 bridgehead atoms. The summed E-state index contributed by atoms with van der Waals surface area (Å²) in [5.74, 6) is 1.57. The number of urea groups is 1. The number of thioether (sulfide) groups is 1. The van der Waals surface area contributed by atoms with Crippen LogP contribution in [-0.2, 0) is 22.6 Å². The molecule has 0 saturated carbocycles. The van der Waals surface area contributed by atoms with E-state index in [1.165, 1.54) is 0 Å². The molecule has 5 rings (SSSR count). The molecule has 212 valence electrons. The normalized spacial score (nSPS) is 18.4. The van der Waals surface area contributed by atoms with E-state index >= 15 is 0 Å². The van der Waals surface area contributed by atoms with E-state index in [0.29, 0.717) is 18.7 Å². The number of amides is 2. The van der Waals surface area contributed by atoms with E-state index in [9.17, 15) is 9.90 Å². The number of aliphatic hydroxyl groups excluding tert-OH is 1. The van der Waals surface area contributed by atoms with Crippen LogP contribution in [0.3, 0.4) is 0 Å². The quantitative estimate of drug-likeness (QED) is 0.181. The zero-order valence-electron chi connectivity index (χ0n) is 22.9. The fourth-order valence-corrected chi connectivity index (χ4v) is 5.67. The Labute approximate surface area is 244 Å². The van der Waals surface area contributed by atoms with E-state index in [4.69, 9.17) is 14.2 Å². The maximum absolute atomic E-state index is 12.4. The highest BCUT2D eigenvalue weighted by atomic mass is 32.2. The first-order chi connectivity index (χ1) is 20.1. The first kappa shape index (κ1) is 28.7. The lowest BCUT2D eigenvalue weighted by Crippen LogP contribution is -2.31. The number of benzene rings is 4. The zero-order chi connectivity index (χ0) is 28.4. The van der Waals surface area contributed by atoms with Crippen LogP contribution >= 0.6 is 11.8 Å². The van der Waals surface area contributed by atoms with Crippen molar-refractivity contribution in [3.63, 3.8) is 0 Å². The number of carbonyl (C=O) groups excluding carboxylic acids is 1. The smallest absolute Gasteiger partial charge is 0.319 e. The summed E-state index contributed by atoms with van der Waals surface area (Å²) in [4.78, 5) is 13.5. The van der Waals surface area contributed by atoms with Crippen molar-refractivity contribution in [2.75, 3.05) is 18.2 Å². The number of anilines is 1. The van der Waals surface area contributed by atoms with Crippen molar-refractivity contribution in [3.8, 4) is 5.75 Å². The van der Waals surface area contributed by atoms with Crippen molar-refractivity contribution in [1.82, 2.24) is 5.32 Å². The summed E-state index contributed by atoms with van der Waals surface area (Å²) >= 11 is 1.70. The highest BCUT2D eigenvalue weighted by Crippen LogP contribution is 2.40. The second-order valence-electron chi connectivity index (χ2n) is 9.73. The molecular weight excluding hydrogens is 536 g/mol. The Morgan fingerprint density at radius 3 is 2.32 bits per heavy atom. The number of hydrogen-bond acceptors (Lipinski definition) is 6. The maximum atomic E-state index is 12.4. The minimum atomic E-state index is -0.574. The zero-order valence-corrected chi connectivity index (χ0v) is 23.7. The van der Waals surface area contributed by atoms with Gasteiger partial charge in [-0.1, -0.05) is 78.9 Å². The Balaban J connectivity index is 1.26. The fraction of sp³-hybridized carbons (Fsp3) is 0.242. The van der Waals surface area contributed by atoms with Gasteiger partial charge in [-0.05, 0) is 41.0 Å². The molecule has 1 fully saturated rings. The highest BCUT2D eigenvalue weighted by Gasteiger charge is 2.32. The third-order valence-corrected chi connectivity index (χ3v) is 8.03. The molecule has 1 heterocycles. The first-order valence-corrected chi connectivity index (χ1v) is 14.5. The average molecular weight is 571 g/mol. The lowest BCUT2D eigenvalue weighted by molar-refractivity contribution is -0.245. The molecule has 3 atom stereocenters. The van der Waals surface area contributed by atoms with E-state index < -0.39 is 6.29 Å². The van der Waals surface area contributed by atoms with Crippen molar-refractivity contribution in [2.45, 2.75) is 43.0 Å². The molecule has 0 aliphatic carbocycles. The molecule has 4 aromatic rings. The van der Waals surface area contributed by atoms with Crippen LogP contribution in [0, 0.1) is 0 Å². The molecule has 0 radical (unpaired) electrons. The SMILES string of the molecule is COc1ccccc1SC[C@H]1C[C@@H](c2ccc(CO)cc2)O[C@@H](c2ccc(NC(=O)NCc3ccccc3)cc2)O1. The Bertz CT molecular complexity index is 1400. The predicted octanol–water partition coefficient (Wildman–Crippen LogP) is 6.85. The second kappa shape index (κ2) is 14.2. The van der Waals surface area contributed by atoms with Gasteiger partial charge in [0.2, 0.25) is 0 Å². The van der Waals surface area contributed by atoms with Crippen LogP contribution in [-0.4, -0.2) is 30.1 Å². The third-order valence-electron chi connectivity index (χ3n) is 6.85. The van der Waals surface area contributed by atoms with Gasteiger partial charge in [0.15, 0.2) is 6.29 Å². The number of rotatable bonds is 10. The summed E-state index contributed by atoms with van der Waals surface area (Å²) in [7, 11) is 1.68. The minimum absolute atomic E-state index is 0.000373. The third kappa shape index (κ3) is 7.89. The summed E-state index contributed by atoms with van der Waals surface area (Å²) in [5.41, 5.74) is 4.47. The monoisotopic (exact) mass is 570 g/mol. The Kier molecular flexibility index (Phi) is 9.93. The molecule has 0 aromatic heterocycles. The van der Waals surface area contributed by atoms with Crippen molar-refractivity contribution < 1.29 is 24.1 Å². The number of para-hydroxylation sites is 1. The van der Waals surface area contributed by atoms with E-state index in [1.807, 2.05) is 103 Å². The minimum Gasteiger partial charge on any atom is -0.496 e. The number of aliphatic hydroxyl groups is 1. The van der Waals surface area contributed by atoms with E-state index in [1.54, 1.807) is 18.9 Å². The molecule has 3 N–H and O–H groups in total. The average Bonchev–Trinajstić information content (AvgIpc) is 3.03. The number of hydrogen-bond donors (Lipinski definition) is 3. The Hall–Kier alpha value is -3.82. The Morgan fingerprint density at radius 1 is 0.878 bits per heavy atom. The summed E-state index contributed by atoms with van der Waals surface area (Å²) in [6, 6.07) is 32.8. The summed E-state index contributed by atoms with van der Waals surface area (Å²) in [6.07, 6.45) is -0.132. The molecule has 41 heavy (non-hydrogen) atoms.